The van der Waals surface area contributed by atoms with Crippen LogP contribution in [0.1, 0.15) is 55.8 Å². The number of nitrogens with zero attached hydrogens (tertiary/aromatic N) is 3. The van der Waals surface area contributed by atoms with Crippen LogP contribution in [0.4, 0.5) is 13.2 Å². The predicted octanol–water partition coefficient (Wildman–Crippen LogP) is 3.45. The Bertz CT molecular complexity index is 894. The van der Waals surface area contributed by atoms with Gasteiger partial charge in [-0.1, -0.05) is 0 Å². The summed E-state index contributed by atoms with van der Waals surface area (Å²) in [5.41, 5.74) is -0.569. The number of halogens is 3. The maximum atomic E-state index is 13.7. The molecule has 0 spiro atoms. The number of rotatable bonds is 4. The maximum absolute atomic E-state index is 13.7. The van der Waals surface area contributed by atoms with Gasteiger partial charge < -0.3 is 15.0 Å². The Morgan fingerprint density at radius 1 is 1.34 bits per heavy atom. The summed E-state index contributed by atoms with van der Waals surface area (Å²) in [4.78, 5) is 19.4. The number of pyridine rings is 1. The molecule has 3 aliphatic rings. The largest absolute Gasteiger partial charge is 0.417 e. The van der Waals surface area contributed by atoms with Crippen LogP contribution in [-0.2, 0) is 28.7 Å². The molecule has 174 valence electrons. The molecule has 1 N–H and O–H groups in total. The van der Waals surface area contributed by atoms with E-state index in [4.69, 9.17) is 4.74 Å². The topological polar surface area (TPSA) is 78.2 Å². The molecule has 2 aliphatic heterocycles. The lowest BCUT2D eigenvalue weighted by Crippen LogP contribution is -2.49. The lowest BCUT2D eigenvalue weighted by molar-refractivity contribution is -0.145. The summed E-state index contributed by atoms with van der Waals surface area (Å²) in [6.07, 6.45) is 0.650. The molecule has 0 bridgehead atoms. The first-order valence-corrected chi connectivity index (χ1v) is 11.3. The minimum absolute atomic E-state index is 0.100. The van der Waals surface area contributed by atoms with Crippen molar-refractivity contribution in [3.8, 4) is 6.07 Å². The summed E-state index contributed by atoms with van der Waals surface area (Å²) in [5, 5.41) is 13.4. The zero-order valence-corrected chi connectivity index (χ0v) is 18.2. The van der Waals surface area contributed by atoms with Crippen molar-refractivity contribution in [2.75, 3.05) is 19.8 Å². The van der Waals surface area contributed by atoms with Crippen molar-refractivity contribution in [2.24, 2.45) is 11.3 Å². The molecule has 1 saturated heterocycles. The van der Waals surface area contributed by atoms with E-state index in [0.29, 0.717) is 43.1 Å². The molecule has 0 aromatic carbocycles. The van der Waals surface area contributed by atoms with Gasteiger partial charge in [0.25, 0.3) is 0 Å². The Hall–Kier alpha value is -2.18. The number of ether oxygens (including phenoxy) is 1. The molecule has 1 aromatic rings. The number of hydrogen-bond donors (Lipinski definition) is 1. The minimum atomic E-state index is -4.47. The molecule has 3 atom stereocenters. The van der Waals surface area contributed by atoms with Crippen LogP contribution in [-0.4, -0.2) is 47.6 Å². The maximum Gasteiger partial charge on any atom is 0.417 e. The number of alkyl halides is 3. The fourth-order valence-electron chi connectivity index (χ4n) is 5.38. The van der Waals surface area contributed by atoms with Crippen LogP contribution >= 0.6 is 0 Å². The number of nitrogens with one attached hydrogen (secondary N) is 1. The molecule has 1 aliphatic carbocycles. The third kappa shape index (κ3) is 4.48. The molecule has 1 amide bonds. The molecule has 32 heavy (non-hydrogen) atoms. The van der Waals surface area contributed by atoms with Crippen molar-refractivity contribution in [3.05, 3.63) is 29.1 Å². The standard InChI is InChI=1S/C23H29F3N4O2/c1-15(12-27)22(6-2-19(11-22)29-18-4-8-32-9-5-18)21(31)30-7-3-20-16(14-30)10-17(13-28-20)23(24,25)26/h10,13,15,18-19,29H,2-9,11,14H2,1H3/t15?,19-,22+/m1/s1. The Labute approximate surface area is 186 Å². The number of aromatic nitrogens is 1. The SMILES string of the molecule is CC(C#N)[C@]1(C(=O)N2CCc3ncc(C(F)(F)F)cc3C2)CC[C@@H](NC2CCOCC2)C1. The summed E-state index contributed by atoms with van der Waals surface area (Å²) in [5.74, 6) is -0.594. The summed E-state index contributed by atoms with van der Waals surface area (Å²) < 4.78 is 44.8. The normalized spacial score (nSPS) is 27.6. The molecule has 0 radical (unpaired) electrons. The first kappa shape index (κ1) is 23.0. The number of fused-ring (bicyclic) bond motifs is 1. The van der Waals surface area contributed by atoms with Gasteiger partial charge in [-0.15, -0.1) is 0 Å². The zero-order valence-electron chi connectivity index (χ0n) is 18.2. The van der Waals surface area contributed by atoms with Crippen molar-refractivity contribution < 1.29 is 22.7 Å². The van der Waals surface area contributed by atoms with Crippen molar-refractivity contribution >= 4 is 5.91 Å². The van der Waals surface area contributed by atoms with Crippen molar-refractivity contribution in [2.45, 2.75) is 70.3 Å². The molecule has 3 heterocycles. The molecule has 1 saturated carbocycles. The van der Waals surface area contributed by atoms with Gasteiger partial charge in [0.2, 0.25) is 5.91 Å². The summed E-state index contributed by atoms with van der Waals surface area (Å²) in [7, 11) is 0. The van der Waals surface area contributed by atoms with Crippen LogP contribution < -0.4 is 5.32 Å². The van der Waals surface area contributed by atoms with Crippen LogP contribution in [0.3, 0.4) is 0 Å². The fourth-order valence-corrected chi connectivity index (χ4v) is 5.38. The van der Waals surface area contributed by atoms with Crippen LogP contribution in [0, 0.1) is 22.7 Å². The van der Waals surface area contributed by atoms with Gasteiger partial charge in [-0.05, 0) is 50.7 Å². The number of carbonyl (C=O) groups is 1. The van der Waals surface area contributed by atoms with Crippen molar-refractivity contribution in [3.63, 3.8) is 0 Å². The van der Waals surface area contributed by atoms with E-state index >= 15 is 0 Å². The third-order valence-electron chi connectivity index (χ3n) is 7.34. The highest BCUT2D eigenvalue weighted by Crippen LogP contribution is 2.46. The molecule has 1 unspecified atom stereocenters. The Kier molecular flexibility index (Phi) is 6.46. The highest BCUT2D eigenvalue weighted by Gasteiger charge is 2.51. The Balaban J connectivity index is 1.51. The van der Waals surface area contributed by atoms with Gasteiger partial charge >= 0.3 is 6.18 Å². The second-order valence-electron chi connectivity index (χ2n) is 9.30. The molecule has 1 aromatic heterocycles. The Morgan fingerprint density at radius 3 is 2.78 bits per heavy atom. The lowest BCUT2D eigenvalue weighted by Gasteiger charge is -2.38. The van der Waals surface area contributed by atoms with Gasteiger partial charge in [-0.2, -0.15) is 18.4 Å². The van der Waals surface area contributed by atoms with Crippen LogP contribution in [0.25, 0.3) is 0 Å². The fraction of sp³-hybridized carbons (Fsp3) is 0.696. The molecule has 4 rings (SSSR count). The second-order valence-corrected chi connectivity index (χ2v) is 9.30. The molecule has 2 fully saturated rings. The molecule has 6 nitrogen and oxygen atoms in total. The van der Waals surface area contributed by atoms with E-state index in [1.54, 1.807) is 11.8 Å². The van der Waals surface area contributed by atoms with Gasteiger partial charge in [0.15, 0.2) is 0 Å². The van der Waals surface area contributed by atoms with E-state index < -0.39 is 23.1 Å². The summed E-state index contributed by atoms with van der Waals surface area (Å²) in [6, 6.07) is 3.89. The van der Waals surface area contributed by atoms with E-state index in [1.165, 1.54) is 0 Å². The van der Waals surface area contributed by atoms with E-state index in [-0.39, 0.29) is 18.5 Å². The molecular weight excluding hydrogens is 421 g/mol. The first-order valence-electron chi connectivity index (χ1n) is 11.3. The number of carbonyl (C=O) groups excluding carboxylic acids is 1. The molecule has 9 heteroatoms. The van der Waals surface area contributed by atoms with Crippen LogP contribution in [0.5, 0.6) is 0 Å². The van der Waals surface area contributed by atoms with Gasteiger partial charge in [0.05, 0.1) is 23.0 Å². The smallest absolute Gasteiger partial charge is 0.381 e. The lowest BCUT2D eigenvalue weighted by atomic mass is 9.73. The van der Waals surface area contributed by atoms with Gasteiger partial charge in [0, 0.05) is 56.7 Å². The van der Waals surface area contributed by atoms with Gasteiger partial charge in [-0.25, -0.2) is 0 Å². The third-order valence-corrected chi connectivity index (χ3v) is 7.34. The van der Waals surface area contributed by atoms with E-state index in [0.717, 1.165) is 44.7 Å². The number of amides is 1. The first-order chi connectivity index (χ1) is 15.2. The van der Waals surface area contributed by atoms with Crippen molar-refractivity contribution in [1.29, 1.82) is 5.26 Å². The van der Waals surface area contributed by atoms with E-state index in [2.05, 4.69) is 16.4 Å². The minimum Gasteiger partial charge on any atom is -0.381 e. The molecular formula is C23H29F3N4O2. The predicted molar refractivity (Wildman–Crippen MR) is 110 cm³/mol. The average Bonchev–Trinajstić information content (AvgIpc) is 3.22. The quantitative estimate of drug-likeness (QED) is 0.760. The van der Waals surface area contributed by atoms with Gasteiger partial charge in [-0.3, -0.25) is 9.78 Å². The highest BCUT2D eigenvalue weighted by molar-refractivity contribution is 5.84. The number of hydrogen-bond acceptors (Lipinski definition) is 5. The van der Waals surface area contributed by atoms with Crippen LogP contribution in [0.15, 0.2) is 12.3 Å². The summed E-state index contributed by atoms with van der Waals surface area (Å²) in [6.45, 7) is 3.75. The second kappa shape index (κ2) is 8.99. The highest BCUT2D eigenvalue weighted by atomic mass is 19.4. The number of nitriles is 1. The monoisotopic (exact) mass is 450 g/mol. The summed E-state index contributed by atoms with van der Waals surface area (Å²) >= 11 is 0. The van der Waals surface area contributed by atoms with Crippen LogP contribution in [0.2, 0.25) is 0 Å². The average molecular weight is 451 g/mol. The van der Waals surface area contributed by atoms with E-state index in [9.17, 15) is 23.2 Å². The van der Waals surface area contributed by atoms with E-state index in [1.807, 2.05) is 0 Å². The Morgan fingerprint density at radius 2 is 2.09 bits per heavy atom. The zero-order chi connectivity index (χ0) is 22.9. The van der Waals surface area contributed by atoms with Gasteiger partial charge in [0.1, 0.15) is 0 Å². The van der Waals surface area contributed by atoms with Crippen molar-refractivity contribution in [1.82, 2.24) is 15.2 Å².